The van der Waals surface area contributed by atoms with Gasteiger partial charge < -0.3 is 19.2 Å². The molecule has 0 spiro atoms. The van der Waals surface area contributed by atoms with Gasteiger partial charge in [0.2, 0.25) is 0 Å². The molecule has 0 radical (unpaired) electrons. The van der Waals surface area contributed by atoms with Crippen LogP contribution in [0, 0.1) is 0 Å². The van der Waals surface area contributed by atoms with Crippen molar-refractivity contribution in [2.24, 2.45) is 0 Å². The highest BCUT2D eigenvalue weighted by atomic mass is 16.5. The lowest BCUT2D eigenvalue weighted by atomic mass is 9.96. The Morgan fingerprint density at radius 1 is 1.33 bits per heavy atom. The Morgan fingerprint density at radius 3 is 2.75 bits per heavy atom. The maximum Gasteiger partial charge on any atom is 0.290 e. The van der Waals surface area contributed by atoms with Gasteiger partial charge in [0.15, 0.2) is 11.5 Å². The lowest BCUT2D eigenvalue weighted by molar-refractivity contribution is -0.130. The first kappa shape index (κ1) is 15.9. The summed E-state index contributed by atoms with van der Waals surface area (Å²) in [4.78, 5) is 25.9. The normalized spacial score (nSPS) is 17.5. The average Bonchev–Trinajstić information content (AvgIpc) is 3.17. The van der Waals surface area contributed by atoms with Crippen LogP contribution in [0.3, 0.4) is 0 Å². The maximum absolute atomic E-state index is 12.5. The van der Waals surface area contributed by atoms with Crippen LogP contribution in [0.25, 0.3) is 0 Å². The molecule has 1 aliphatic heterocycles. The first-order valence-corrected chi connectivity index (χ1v) is 7.44. The Hall–Kier alpha value is -3.02. The van der Waals surface area contributed by atoms with E-state index >= 15 is 0 Å². The van der Waals surface area contributed by atoms with Crippen molar-refractivity contribution in [3.8, 4) is 5.75 Å². The quantitative estimate of drug-likeness (QED) is 0.913. The highest BCUT2D eigenvalue weighted by molar-refractivity contribution is 6.08. The third-order valence-corrected chi connectivity index (χ3v) is 4.00. The van der Waals surface area contributed by atoms with Crippen LogP contribution in [-0.4, -0.2) is 28.8 Å². The number of amides is 1. The zero-order valence-electron chi connectivity index (χ0n) is 13.4. The third-order valence-electron chi connectivity index (χ3n) is 4.00. The monoisotopic (exact) mass is 327 g/mol. The topological polar surface area (TPSA) is 80.0 Å². The van der Waals surface area contributed by atoms with E-state index in [1.807, 2.05) is 0 Å². The van der Waals surface area contributed by atoms with Gasteiger partial charge in [-0.1, -0.05) is 12.1 Å². The molecule has 24 heavy (non-hydrogen) atoms. The van der Waals surface area contributed by atoms with Crippen LogP contribution in [0.2, 0.25) is 0 Å². The van der Waals surface area contributed by atoms with Gasteiger partial charge in [-0.25, -0.2) is 0 Å². The van der Waals surface area contributed by atoms with E-state index in [9.17, 15) is 14.7 Å². The highest BCUT2D eigenvalue weighted by Crippen LogP contribution is 2.39. The van der Waals surface area contributed by atoms with Gasteiger partial charge in [0.05, 0.1) is 31.5 Å². The van der Waals surface area contributed by atoms with Crippen molar-refractivity contribution < 1.29 is 23.8 Å². The number of Topliss-reactive ketones (excluding diaryl/α,β-unsaturated/α-hetero) is 1. The molecule has 2 aromatic rings. The summed E-state index contributed by atoms with van der Waals surface area (Å²) >= 11 is 0. The Kier molecular flexibility index (Phi) is 4.12. The van der Waals surface area contributed by atoms with Crippen molar-refractivity contribution in [2.75, 3.05) is 7.11 Å². The van der Waals surface area contributed by atoms with Crippen molar-refractivity contribution in [1.29, 1.82) is 0 Å². The molecule has 0 bridgehead atoms. The third kappa shape index (κ3) is 2.67. The number of methoxy groups -OCH3 is 1. The second-order valence-electron chi connectivity index (χ2n) is 5.51. The second kappa shape index (κ2) is 6.23. The number of aliphatic hydroxyl groups excluding tert-OH is 1. The number of hydrogen-bond acceptors (Lipinski definition) is 5. The highest BCUT2D eigenvalue weighted by Gasteiger charge is 2.42. The number of ether oxygens (including phenoxy) is 1. The van der Waals surface area contributed by atoms with Gasteiger partial charge >= 0.3 is 0 Å². The molecule has 1 atom stereocenters. The van der Waals surface area contributed by atoms with E-state index in [-0.39, 0.29) is 17.9 Å². The smallest absolute Gasteiger partial charge is 0.290 e. The minimum atomic E-state index is -0.685. The van der Waals surface area contributed by atoms with Crippen LogP contribution in [0.4, 0.5) is 0 Å². The molecule has 6 heteroatoms. The zero-order valence-corrected chi connectivity index (χ0v) is 13.4. The summed E-state index contributed by atoms with van der Waals surface area (Å²) in [5, 5.41) is 10.2. The van der Waals surface area contributed by atoms with E-state index in [2.05, 4.69) is 0 Å². The summed E-state index contributed by atoms with van der Waals surface area (Å²) in [6, 6.07) is 9.85. The average molecular weight is 327 g/mol. The van der Waals surface area contributed by atoms with Crippen LogP contribution in [0.15, 0.2) is 58.4 Å². The Bertz CT molecular complexity index is 807. The molecule has 1 aromatic carbocycles. The van der Waals surface area contributed by atoms with E-state index in [0.29, 0.717) is 17.1 Å². The number of hydrogen-bond donors (Lipinski definition) is 1. The number of carbonyl (C=O) groups is 2. The summed E-state index contributed by atoms with van der Waals surface area (Å²) in [6.45, 7) is 1.48. The fourth-order valence-electron chi connectivity index (χ4n) is 2.90. The SMILES string of the molecule is COc1cccc([C@H]2C(C(C)=O)=C(O)C(=O)N2Cc2ccco2)c1. The Balaban J connectivity index is 2.07. The van der Waals surface area contributed by atoms with E-state index in [1.165, 1.54) is 18.1 Å². The number of ketones is 1. The molecule has 2 heterocycles. The van der Waals surface area contributed by atoms with Gasteiger partial charge in [0.1, 0.15) is 11.5 Å². The predicted molar refractivity (Wildman–Crippen MR) is 85.3 cm³/mol. The van der Waals surface area contributed by atoms with Crippen molar-refractivity contribution >= 4 is 11.7 Å². The first-order valence-electron chi connectivity index (χ1n) is 7.44. The van der Waals surface area contributed by atoms with E-state index < -0.39 is 17.7 Å². The van der Waals surface area contributed by atoms with Crippen molar-refractivity contribution in [1.82, 2.24) is 4.90 Å². The molecule has 0 unspecified atom stereocenters. The zero-order chi connectivity index (χ0) is 17.3. The summed E-state index contributed by atoms with van der Waals surface area (Å²) in [5.41, 5.74) is 0.767. The van der Waals surface area contributed by atoms with Gasteiger partial charge in [-0.15, -0.1) is 0 Å². The maximum atomic E-state index is 12.5. The molecule has 124 valence electrons. The van der Waals surface area contributed by atoms with Crippen LogP contribution in [0.1, 0.15) is 24.3 Å². The molecule has 6 nitrogen and oxygen atoms in total. The lowest BCUT2D eigenvalue weighted by Crippen LogP contribution is -2.30. The Morgan fingerprint density at radius 2 is 2.12 bits per heavy atom. The van der Waals surface area contributed by atoms with Crippen LogP contribution in [0.5, 0.6) is 5.75 Å². The fraction of sp³-hybridized carbons (Fsp3) is 0.222. The van der Waals surface area contributed by atoms with Crippen LogP contribution >= 0.6 is 0 Å². The standard InChI is InChI=1S/C18H17NO5/c1-11(20)15-16(12-5-3-6-13(9-12)23-2)19(18(22)17(15)21)10-14-7-4-8-24-14/h3-9,16,21H,10H2,1-2H3/t16-/m0/s1. The molecule has 1 aromatic heterocycles. The number of aliphatic hydroxyl groups is 1. The van der Waals surface area contributed by atoms with Crippen molar-refractivity contribution in [3.05, 3.63) is 65.3 Å². The number of benzene rings is 1. The molecule has 0 saturated carbocycles. The van der Waals surface area contributed by atoms with Gasteiger partial charge in [-0.05, 0) is 36.8 Å². The number of nitrogens with zero attached hydrogens (tertiary/aromatic N) is 1. The summed E-state index contributed by atoms with van der Waals surface area (Å²) in [5.74, 6) is -0.289. The Labute approximate surface area is 138 Å². The summed E-state index contributed by atoms with van der Waals surface area (Å²) in [6.07, 6.45) is 1.51. The minimum absolute atomic E-state index is 0.0832. The molecule has 0 saturated heterocycles. The summed E-state index contributed by atoms with van der Waals surface area (Å²) < 4.78 is 10.5. The number of furan rings is 1. The van der Waals surface area contributed by atoms with Crippen molar-refractivity contribution in [2.45, 2.75) is 19.5 Å². The van der Waals surface area contributed by atoms with E-state index in [4.69, 9.17) is 9.15 Å². The molecule has 1 N–H and O–H groups in total. The first-order chi connectivity index (χ1) is 11.5. The molecular formula is C18H17NO5. The van der Waals surface area contributed by atoms with E-state index in [1.54, 1.807) is 43.5 Å². The molecule has 0 aliphatic carbocycles. The van der Waals surface area contributed by atoms with Crippen molar-refractivity contribution in [3.63, 3.8) is 0 Å². The lowest BCUT2D eigenvalue weighted by Gasteiger charge is -2.26. The molecule has 0 fully saturated rings. The molecule has 1 aliphatic rings. The van der Waals surface area contributed by atoms with E-state index in [0.717, 1.165) is 0 Å². The van der Waals surface area contributed by atoms with Crippen LogP contribution < -0.4 is 4.74 Å². The predicted octanol–water partition coefficient (Wildman–Crippen LogP) is 2.77. The molecule has 3 rings (SSSR count). The molecule has 1 amide bonds. The summed E-state index contributed by atoms with van der Waals surface area (Å²) in [7, 11) is 1.54. The van der Waals surface area contributed by atoms with Gasteiger partial charge in [0.25, 0.3) is 5.91 Å². The van der Waals surface area contributed by atoms with Gasteiger partial charge in [-0.2, -0.15) is 0 Å². The largest absolute Gasteiger partial charge is 0.503 e. The van der Waals surface area contributed by atoms with Gasteiger partial charge in [0, 0.05) is 0 Å². The molecular weight excluding hydrogens is 310 g/mol. The van der Waals surface area contributed by atoms with Crippen LogP contribution in [-0.2, 0) is 16.1 Å². The second-order valence-corrected chi connectivity index (χ2v) is 5.51. The number of rotatable bonds is 5. The fourth-order valence-corrected chi connectivity index (χ4v) is 2.90. The minimum Gasteiger partial charge on any atom is -0.503 e. The van der Waals surface area contributed by atoms with Gasteiger partial charge in [-0.3, -0.25) is 9.59 Å². The number of carbonyl (C=O) groups excluding carboxylic acids is 2.